The molecule has 80 valence electrons. The number of nitrogens with one attached hydrogen (secondary N) is 1. The molecular formula is C10H10BrClN2O. The van der Waals surface area contributed by atoms with Crippen molar-refractivity contribution in [1.82, 2.24) is 5.32 Å². The number of nitrogen functional groups attached to an aromatic ring is 1. The molecule has 0 saturated heterocycles. The van der Waals surface area contributed by atoms with Crippen molar-refractivity contribution in [3.05, 3.63) is 39.8 Å². The van der Waals surface area contributed by atoms with Crippen molar-refractivity contribution in [2.75, 3.05) is 12.3 Å². The monoisotopic (exact) mass is 288 g/mol. The van der Waals surface area contributed by atoms with Gasteiger partial charge in [-0.05, 0) is 18.2 Å². The van der Waals surface area contributed by atoms with E-state index >= 15 is 0 Å². The summed E-state index contributed by atoms with van der Waals surface area (Å²) in [6.45, 7) is 3.97. The van der Waals surface area contributed by atoms with Gasteiger partial charge >= 0.3 is 0 Å². The Bertz CT molecular complexity index is 406. The molecule has 0 aliphatic heterocycles. The Morgan fingerprint density at radius 3 is 2.80 bits per heavy atom. The number of carbonyl (C=O) groups excluding carboxylic acids is 1. The zero-order chi connectivity index (χ0) is 11.4. The summed E-state index contributed by atoms with van der Waals surface area (Å²) in [5.41, 5.74) is 6.42. The number of halogens is 2. The van der Waals surface area contributed by atoms with E-state index in [2.05, 4.69) is 27.8 Å². The van der Waals surface area contributed by atoms with Crippen LogP contribution in [-0.4, -0.2) is 12.5 Å². The third kappa shape index (κ3) is 3.57. The first-order valence-corrected chi connectivity index (χ1v) is 5.34. The van der Waals surface area contributed by atoms with Crippen LogP contribution in [0.15, 0.2) is 29.3 Å². The molecule has 5 heteroatoms. The van der Waals surface area contributed by atoms with Gasteiger partial charge in [-0.15, -0.1) is 0 Å². The molecule has 0 radical (unpaired) electrons. The third-order valence-electron chi connectivity index (χ3n) is 1.70. The van der Waals surface area contributed by atoms with Crippen LogP contribution in [0.3, 0.4) is 0 Å². The van der Waals surface area contributed by atoms with Crippen LogP contribution in [0, 0.1) is 0 Å². The maximum Gasteiger partial charge on any atom is 0.253 e. The number of nitrogens with two attached hydrogens (primary N) is 1. The van der Waals surface area contributed by atoms with E-state index in [1.165, 1.54) is 0 Å². The molecule has 0 atom stereocenters. The van der Waals surface area contributed by atoms with Gasteiger partial charge < -0.3 is 11.1 Å². The van der Waals surface area contributed by atoms with Crippen molar-refractivity contribution in [3.8, 4) is 0 Å². The van der Waals surface area contributed by atoms with Crippen LogP contribution in [0.25, 0.3) is 0 Å². The van der Waals surface area contributed by atoms with E-state index in [1.54, 1.807) is 18.2 Å². The number of benzene rings is 1. The number of carbonyl (C=O) groups is 1. The molecule has 0 unspecified atom stereocenters. The summed E-state index contributed by atoms with van der Waals surface area (Å²) >= 11 is 8.86. The zero-order valence-corrected chi connectivity index (χ0v) is 10.2. The minimum absolute atomic E-state index is 0.246. The topological polar surface area (TPSA) is 55.1 Å². The Morgan fingerprint density at radius 2 is 2.27 bits per heavy atom. The fourth-order valence-corrected chi connectivity index (χ4v) is 1.33. The quantitative estimate of drug-likeness (QED) is 0.840. The van der Waals surface area contributed by atoms with Crippen LogP contribution in [0.1, 0.15) is 10.4 Å². The van der Waals surface area contributed by atoms with Gasteiger partial charge in [-0.1, -0.05) is 34.1 Å². The minimum Gasteiger partial charge on any atom is -0.398 e. The highest BCUT2D eigenvalue weighted by Crippen LogP contribution is 2.17. The summed E-state index contributed by atoms with van der Waals surface area (Å²) in [4.78, 5) is 11.6. The summed E-state index contributed by atoms with van der Waals surface area (Å²) in [7, 11) is 0. The van der Waals surface area contributed by atoms with Crippen LogP contribution >= 0.6 is 27.5 Å². The third-order valence-corrected chi connectivity index (χ3v) is 2.21. The van der Waals surface area contributed by atoms with Crippen molar-refractivity contribution < 1.29 is 4.79 Å². The normalized spacial score (nSPS) is 9.73. The van der Waals surface area contributed by atoms with Gasteiger partial charge in [0.05, 0.1) is 5.56 Å². The van der Waals surface area contributed by atoms with Gasteiger partial charge in [0.1, 0.15) is 0 Å². The smallest absolute Gasteiger partial charge is 0.253 e. The molecular weight excluding hydrogens is 279 g/mol. The van der Waals surface area contributed by atoms with Gasteiger partial charge in [0.15, 0.2) is 0 Å². The number of anilines is 1. The molecule has 0 saturated carbocycles. The van der Waals surface area contributed by atoms with Gasteiger partial charge in [-0.2, -0.15) is 0 Å². The molecule has 0 heterocycles. The van der Waals surface area contributed by atoms with Crippen LogP contribution in [0.5, 0.6) is 0 Å². The van der Waals surface area contributed by atoms with Crippen molar-refractivity contribution in [2.24, 2.45) is 0 Å². The van der Waals surface area contributed by atoms with E-state index in [4.69, 9.17) is 17.3 Å². The summed E-state index contributed by atoms with van der Waals surface area (Å²) in [6, 6.07) is 4.75. The molecule has 0 spiro atoms. The number of hydrogen-bond acceptors (Lipinski definition) is 2. The van der Waals surface area contributed by atoms with E-state index < -0.39 is 0 Å². The maximum absolute atomic E-state index is 11.6. The molecule has 1 amide bonds. The van der Waals surface area contributed by atoms with Gasteiger partial charge in [0.2, 0.25) is 0 Å². The summed E-state index contributed by atoms with van der Waals surface area (Å²) in [5.74, 6) is -0.246. The van der Waals surface area contributed by atoms with E-state index in [9.17, 15) is 4.79 Å². The fourth-order valence-electron chi connectivity index (χ4n) is 1.01. The highest BCUT2D eigenvalue weighted by atomic mass is 79.9. The average molecular weight is 290 g/mol. The van der Waals surface area contributed by atoms with Gasteiger partial charge in [-0.3, -0.25) is 4.79 Å². The Labute approximate surface area is 101 Å². The van der Waals surface area contributed by atoms with Crippen molar-refractivity contribution in [2.45, 2.75) is 0 Å². The molecule has 0 fully saturated rings. The lowest BCUT2D eigenvalue weighted by molar-refractivity contribution is 0.0958. The van der Waals surface area contributed by atoms with Gasteiger partial charge in [-0.25, -0.2) is 0 Å². The Hall–Kier alpha value is -1.00. The Balaban J connectivity index is 2.78. The lowest BCUT2D eigenvalue weighted by Gasteiger charge is -2.06. The highest BCUT2D eigenvalue weighted by molar-refractivity contribution is 9.11. The molecule has 1 rings (SSSR count). The minimum atomic E-state index is -0.246. The average Bonchev–Trinajstić information content (AvgIpc) is 2.14. The molecule has 0 aromatic heterocycles. The summed E-state index contributed by atoms with van der Waals surface area (Å²) in [6.07, 6.45) is 0. The molecule has 3 nitrogen and oxygen atoms in total. The maximum atomic E-state index is 11.6. The second-order valence-electron chi connectivity index (χ2n) is 2.93. The zero-order valence-electron chi connectivity index (χ0n) is 7.89. The SMILES string of the molecule is C=C(Br)CNC(=O)c1ccc(Cl)cc1N. The first-order chi connectivity index (χ1) is 7.00. The van der Waals surface area contributed by atoms with Crippen molar-refractivity contribution in [1.29, 1.82) is 0 Å². The number of amides is 1. The van der Waals surface area contributed by atoms with Crippen molar-refractivity contribution >= 4 is 39.1 Å². The van der Waals surface area contributed by atoms with E-state index in [-0.39, 0.29) is 5.91 Å². The summed E-state index contributed by atoms with van der Waals surface area (Å²) < 4.78 is 0.698. The molecule has 3 N–H and O–H groups in total. The molecule has 1 aromatic carbocycles. The predicted octanol–water partition coefficient (Wildman–Crippen LogP) is 2.56. The lowest BCUT2D eigenvalue weighted by atomic mass is 10.1. The molecule has 0 aliphatic carbocycles. The first kappa shape index (κ1) is 12.1. The van der Waals surface area contributed by atoms with Crippen molar-refractivity contribution in [3.63, 3.8) is 0 Å². The van der Waals surface area contributed by atoms with Gasteiger partial charge in [0.25, 0.3) is 5.91 Å². The van der Waals surface area contributed by atoms with Crippen LogP contribution in [0.2, 0.25) is 5.02 Å². The second kappa shape index (κ2) is 5.19. The van der Waals surface area contributed by atoms with Crippen LogP contribution < -0.4 is 11.1 Å². The Kier molecular flexibility index (Phi) is 4.17. The molecule has 0 aliphatic rings. The van der Waals surface area contributed by atoms with Crippen LogP contribution in [0.4, 0.5) is 5.69 Å². The summed E-state index contributed by atoms with van der Waals surface area (Å²) in [5, 5.41) is 3.16. The van der Waals surface area contributed by atoms with E-state index in [0.717, 1.165) is 0 Å². The number of hydrogen-bond donors (Lipinski definition) is 2. The highest BCUT2D eigenvalue weighted by Gasteiger charge is 2.09. The van der Waals surface area contributed by atoms with Gasteiger partial charge in [0, 0.05) is 21.7 Å². The largest absolute Gasteiger partial charge is 0.398 e. The van der Waals surface area contributed by atoms with E-state index in [0.29, 0.717) is 27.3 Å². The van der Waals surface area contributed by atoms with E-state index in [1.807, 2.05) is 0 Å². The second-order valence-corrected chi connectivity index (χ2v) is 4.49. The predicted molar refractivity (Wildman–Crippen MR) is 66.3 cm³/mol. The molecule has 15 heavy (non-hydrogen) atoms. The standard InChI is InChI=1S/C10H10BrClN2O/c1-6(11)5-14-10(15)8-3-2-7(12)4-9(8)13/h2-4H,1,5,13H2,(H,14,15). The Morgan fingerprint density at radius 1 is 1.60 bits per heavy atom. The molecule has 0 bridgehead atoms. The molecule has 1 aromatic rings. The number of rotatable bonds is 3. The van der Waals surface area contributed by atoms with Crippen LogP contribution in [-0.2, 0) is 0 Å². The fraction of sp³-hybridized carbons (Fsp3) is 0.100. The first-order valence-electron chi connectivity index (χ1n) is 4.17. The lowest BCUT2D eigenvalue weighted by Crippen LogP contribution is -2.25.